The molecule has 0 radical (unpaired) electrons. The fraction of sp³-hybridized carbons (Fsp3) is 0.357. The number of ether oxygens (including phenoxy) is 1. The molecular formula is C14H16O4S. The van der Waals surface area contributed by atoms with Crippen LogP contribution in [-0.4, -0.2) is 26.7 Å². The summed E-state index contributed by atoms with van der Waals surface area (Å²) in [4.78, 5) is 11.5. The van der Waals surface area contributed by atoms with E-state index in [0.717, 1.165) is 6.42 Å². The molecule has 1 aromatic carbocycles. The van der Waals surface area contributed by atoms with Crippen molar-refractivity contribution in [1.29, 1.82) is 0 Å². The highest BCUT2D eigenvalue weighted by Crippen LogP contribution is 2.10. The minimum atomic E-state index is -3.28. The molecule has 1 aromatic rings. The SMILES string of the molecule is C#CCS(=O)(=O)Cc1ccc(C(=O)OCCC)cc1. The van der Waals surface area contributed by atoms with Crippen LogP contribution in [0.2, 0.25) is 0 Å². The van der Waals surface area contributed by atoms with E-state index < -0.39 is 15.8 Å². The van der Waals surface area contributed by atoms with Crippen molar-refractivity contribution >= 4 is 15.8 Å². The van der Waals surface area contributed by atoms with Crippen LogP contribution in [0.1, 0.15) is 29.3 Å². The van der Waals surface area contributed by atoms with Gasteiger partial charge in [-0.25, -0.2) is 13.2 Å². The number of hydrogen-bond acceptors (Lipinski definition) is 4. The molecule has 0 unspecified atom stereocenters. The zero-order valence-electron chi connectivity index (χ0n) is 10.8. The molecule has 0 spiro atoms. The molecule has 0 saturated carbocycles. The number of esters is 1. The molecule has 0 N–H and O–H groups in total. The first-order valence-corrected chi connectivity index (χ1v) is 7.70. The lowest BCUT2D eigenvalue weighted by Crippen LogP contribution is -2.09. The minimum Gasteiger partial charge on any atom is -0.462 e. The molecule has 0 aliphatic heterocycles. The Labute approximate surface area is 113 Å². The van der Waals surface area contributed by atoms with Crippen LogP contribution in [0.5, 0.6) is 0 Å². The molecule has 102 valence electrons. The summed E-state index contributed by atoms with van der Waals surface area (Å²) in [5, 5.41) is 0. The quantitative estimate of drug-likeness (QED) is 0.589. The highest BCUT2D eigenvalue weighted by atomic mass is 32.2. The van der Waals surface area contributed by atoms with E-state index in [1.54, 1.807) is 24.3 Å². The van der Waals surface area contributed by atoms with Gasteiger partial charge in [-0.3, -0.25) is 0 Å². The van der Waals surface area contributed by atoms with E-state index in [1.807, 2.05) is 6.92 Å². The lowest BCUT2D eigenvalue weighted by atomic mass is 10.1. The maximum Gasteiger partial charge on any atom is 0.338 e. The van der Waals surface area contributed by atoms with Gasteiger partial charge in [0.25, 0.3) is 0 Å². The van der Waals surface area contributed by atoms with Crippen molar-refractivity contribution in [2.24, 2.45) is 0 Å². The topological polar surface area (TPSA) is 60.4 Å². The summed E-state index contributed by atoms with van der Waals surface area (Å²) in [6.07, 6.45) is 5.75. The number of sulfone groups is 1. The number of benzene rings is 1. The number of carbonyl (C=O) groups is 1. The van der Waals surface area contributed by atoms with E-state index in [-0.39, 0.29) is 11.5 Å². The summed E-state index contributed by atoms with van der Waals surface area (Å²) >= 11 is 0. The highest BCUT2D eigenvalue weighted by molar-refractivity contribution is 7.90. The normalized spacial score (nSPS) is 10.7. The summed E-state index contributed by atoms with van der Waals surface area (Å²) in [6.45, 7) is 2.28. The maximum absolute atomic E-state index is 11.5. The van der Waals surface area contributed by atoms with Gasteiger partial charge < -0.3 is 4.74 Å². The highest BCUT2D eigenvalue weighted by Gasteiger charge is 2.11. The first-order valence-electron chi connectivity index (χ1n) is 5.88. The van der Waals surface area contributed by atoms with Gasteiger partial charge >= 0.3 is 5.97 Å². The van der Waals surface area contributed by atoms with Crippen LogP contribution in [0.3, 0.4) is 0 Å². The Morgan fingerprint density at radius 3 is 2.47 bits per heavy atom. The number of rotatable bonds is 6. The van der Waals surface area contributed by atoms with Crippen LogP contribution in [-0.2, 0) is 20.3 Å². The third kappa shape index (κ3) is 5.14. The van der Waals surface area contributed by atoms with Crippen molar-refractivity contribution in [2.75, 3.05) is 12.4 Å². The van der Waals surface area contributed by atoms with E-state index in [0.29, 0.717) is 17.7 Å². The van der Waals surface area contributed by atoms with E-state index in [9.17, 15) is 13.2 Å². The van der Waals surface area contributed by atoms with E-state index in [4.69, 9.17) is 11.2 Å². The van der Waals surface area contributed by atoms with Gasteiger partial charge in [-0.1, -0.05) is 25.0 Å². The lowest BCUT2D eigenvalue weighted by molar-refractivity contribution is 0.0505. The number of terminal acetylenes is 1. The Kier molecular flexibility index (Phi) is 5.58. The molecule has 0 bridgehead atoms. The average Bonchev–Trinajstić information content (AvgIpc) is 2.36. The lowest BCUT2D eigenvalue weighted by Gasteiger charge is -2.05. The Morgan fingerprint density at radius 1 is 1.32 bits per heavy atom. The van der Waals surface area contributed by atoms with Gasteiger partial charge in [0, 0.05) is 0 Å². The van der Waals surface area contributed by atoms with Gasteiger partial charge in [0.1, 0.15) is 5.75 Å². The van der Waals surface area contributed by atoms with E-state index in [1.165, 1.54) is 0 Å². The van der Waals surface area contributed by atoms with Gasteiger partial charge in [0.2, 0.25) is 0 Å². The summed E-state index contributed by atoms with van der Waals surface area (Å²) < 4.78 is 28.0. The standard InChI is InChI=1S/C14H16O4S/c1-3-9-18-14(15)13-7-5-12(6-8-13)11-19(16,17)10-4-2/h2,5-8H,3,9-11H2,1H3. The molecule has 0 fully saturated rings. The van der Waals surface area contributed by atoms with Crippen LogP contribution < -0.4 is 0 Å². The number of carbonyl (C=O) groups excluding carboxylic acids is 1. The summed E-state index contributed by atoms with van der Waals surface area (Å²) in [5.74, 6) is 1.31. The van der Waals surface area contributed by atoms with Crippen molar-refractivity contribution in [3.8, 4) is 12.3 Å². The Bertz CT molecular complexity index is 564. The van der Waals surface area contributed by atoms with Crippen LogP contribution in [0, 0.1) is 12.3 Å². The third-order valence-electron chi connectivity index (χ3n) is 2.32. The molecule has 5 heteroatoms. The van der Waals surface area contributed by atoms with Crippen molar-refractivity contribution in [2.45, 2.75) is 19.1 Å². The molecule has 1 rings (SSSR count). The largest absolute Gasteiger partial charge is 0.462 e. The second kappa shape index (κ2) is 6.95. The van der Waals surface area contributed by atoms with Crippen LogP contribution in [0.4, 0.5) is 0 Å². The fourth-order valence-electron chi connectivity index (χ4n) is 1.45. The minimum absolute atomic E-state index is 0.124. The molecule has 0 amide bonds. The molecule has 19 heavy (non-hydrogen) atoms. The van der Waals surface area contributed by atoms with Gasteiger partial charge in [-0.2, -0.15) is 0 Å². The Balaban J connectivity index is 2.72. The number of hydrogen-bond donors (Lipinski definition) is 0. The second-order valence-electron chi connectivity index (χ2n) is 4.07. The summed E-state index contributed by atoms with van der Waals surface area (Å²) in [7, 11) is -3.28. The van der Waals surface area contributed by atoms with Gasteiger partial charge in [-0.05, 0) is 24.1 Å². The van der Waals surface area contributed by atoms with Gasteiger partial charge in [-0.15, -0.1) is 6.42 Å². The Hall–Kier alpha value is -1.80. The summed E-state index contributed by atoms with van der Waals surface area (Å²) in [5.41, 5.74) is 1.01. The smallest absolute Gasteiger partial charge is 0.338 e. The van der Waals surface area contributed by atoms with Crippen LogP contribution >= 0.6 is 0 Å². The Morgan fingerprint density at radius 2 is 1.95 bits per heavy atom. The molecule has 0 saturated heterocycles. The molecule has 0 heterocycles. The molecule has 0 aliphatic rings. The first-order chi connectivity index (χ1) is 8.98. The third-order valence-corrected chi connectivity index (χ3v) is 3.70. The zero-order valence-corrected chi connectivity index (χ0v) is 11.6. The van der Waals surface area contributed by atoms with Crippen molar-refractivity contribution in [1.82, 2.24) is 0 Å². The molecule has 0 aromatic heterocycles. The molecular weight excluding hydrogens is 264 g/mol. The van der Waals surface area contributed by atoms with E-state index in [2.05, 4.69) is 5.92 Å². The average molecular weight is 280 g/mol. The molecule has 4 nitrogen and oxygen atoms in total. The molecule has 0 atom stereocenters. The van der Waals surface area contributed by atoms with Gasteiger partial charge in [0.05, 0.1) is 17.9 Å². The van der Waals surface area contributed by atoms with Crippen LogP contribution in [0.25, 0.3) is 0 Å². The van der Waals surface area contributed by atoms with Crippen molar-refractivity contribution in [3.05, 3.63) is 35.4 Å². The fourth-order valence-corrected chi connectivity index (χ4v) is 2.50. The monoisotopic (exact) mass is 280 g/mol. The van der Waals surface area contributed by atoms with Crippen molar-refractivity contribution in [3.63, 3.8) is 0 Å². The van der Waals surface area contributed by atoms with Crippen LogP contribution in [0.15, 0.2) is 24.3 Å². The maximum atomic E-state index is 11.5. The van der Waals surface area contributed by atoms with Crippen molar-refractivity contribution < 1.29 is 17.9 Å². The summed E-state index contributed by atoms with van der Waals surface area (Å²) in [6, 6.07) is 6.30. The zero-order chi connectivity index (χ0) is 14.3. The van der Waals surface area contributed by atoms with E-state index >= 15 is 0 Å². The second-order valence-corrected chi connectivity index (χ2v) is 6.13. The van der Waals surface area contributed by atoms with Gasteiger partial charge in [0.15, 0.2) is 9.84 Å². The predicted octanol–water partition coefficient (Wildman–Crippen LogP) is 1.80. The molecule has 0 aliphatic carbocycles. The first kappa shape index (κ1) is 15.3. The predicted molar refractivity (Wildman–Crippen MR) is 73.3 cm³/mol.